The number of aliphatic hydroxyl groups is 1. The third-order valence-electron chi connectivity index (χ3n) is 21.2. The lowest BCUT2D eigenvalue weighted by Crippen LogP contribution is -2.51. The molecule has 3 saturated heterocycles. The van der Waals surface area contributed by atoms with Crippen LogP contribution >= 0.6 is 35.1 Å². The van der Waals surface area contributed by atoms with Crippen molar-refractivity contribution in [2.75, 3.05) is 99.3 Å². The van der Waals surface area contributed by atoms with E-state index in [0.717, 1.165) is 79.5 Å². The molecule has 3 aliphatic heterocycles. The largest absolute Gasteiger partial charge is 0.477 e. The molecule has 0 atom stereocenters. The van der Waals surface area contributed by atoms with E-state index >= 15 is 8.78 Å². The Hall–Kier alpha value is -13.6. The lowest BCUT2D eigenvalue weighted by Gasteiger charge is -2.35. The van der Waals surface area contributed by atoms with Gasteiger partial charge in [0.05, 0.1) is 144 Å². The van der Waals surface area contributed by atoms with E-state index in [1.807, 2.05) is 82.6 Å². The van der Waals surface area contributed by atoms with Crippen LogP contribution in [0.1, 0.15) is 128 Å². The van der Waals surface area contributed by atoms with Crippen molar-refractivity contribution < 1.29 is 102 Å². The smallest absolute Gasteiger partial charge is 0.394 e. The summed E-state index contributed by atoms with van der Waals surface area (Å²) in [6.07, 6.45) is 19.5. The molecule has 15 aromatic rings. The number of alkyl halides is 1. The van der Waals surface area contributed by atoms with Crippen molar-refractivity contribution in [2.24, 2.45) is 0 Å². The molecular weight excluding hydrogens is 1960 g/mol. The molecule has 0 saturated carbocycles. The average Bonchev–Trinajstić information content (AvgIpc) is 1.59. The Balaban J connectivity index is 0.000000158. The number of benzene rings is 3. The molecule has 4 N–H and O–H groups in total. The summed E-state index contributed by atoms with van der Waals surface area (Å²) >= 11 is 5.39. The van der Waals surface area contributed by atoms with E-state index in [1.165, 1.54) is 95.7 Å². The second-order valence-corrected chi connectivity index (χ2v) is 41.3. The van der Waals surface area contributed by atoms with E-state index in [0.29, 0.717) is 52.4 Å². The van der Waals surface area contributed by atoms with E-state index in [9.17, 15) is 56.6 Å². The summed E-state index contributed by atoms with van der Waals surface area (Å²) in [5.41, 5.74) is -0.992. The summed E-state index contributed by atoms with van der Waals surface area (Å²) in [4.78, 5) is 151. The molecule has 12 aromatic heterocycles. The number of aromatic amines is 1. The van der Waals surface area contributed by atoms with Crippen LogP contribution in [0.4, 0.5) is 30.6 Å². The van der Waals surface area contributed by atoms with Gasteiger partial charge < -0.3 is 58.4 Å². The lowest BCUT2D eigenvalue weighted by molar-refractivity contribution is -0.127. The van der Waals surface area contributed by atoms with Gasteiger partial charge in [0.2, 0.25) is 0 Å². The molecule has 0 radical (unpaired) electrons. The van der Waals surface area contributed by atoms with Crippen molar-refractivity contribution in [3.63, 3.8) is 0 Å². The molecule has 144 heavy (non-hydrogen) atoms. The minimum atomic E-state index is -4.94. The first-order chi connectivity index (χ1) is 68.2. The van der Waals surface area contributed by atoms with Crippen LogP contribution in [-0.4, -0.2) is 282 Å². The maximum atomic E-state index is 15.7. The van der Waals surface area contributed by atoms with Crippen LogP contribution in [0.2, 0.25) is 0 Å². The van der Waals surface area contributed by atoms with Gasteiger partial charge in [-0.25, -0.2) is 85.8 Å². The highest BCUT2D eigenvalue weighted by atomic mass is 35.5. The normalized spacial score (nSPS) is 14.2. The average molecular weight is 2070 g/mol. The third-order valence-corrected chi connectivity index (χ3v) is 25.8. The number of piperazine rings is 3. The fraction of sp³-hybridized carbons (Fsp3) is 0.374. The van der Waals surface area contributed by atoms with Crippen LogP contribution in [0.15, 0.2) is 166 Å². The zero-order chi connectivity index (χ0) is 104. The van der Waals surface area contributed by atoms with Crippen LogP contribution in [0.25, 0.3) is 82.9 Å². The number of nitrogens with zero attached hydrogens (tertiary/aromatic N) is 26. The van der Waals surface area contributed by atoms with E-state index in [4.69, 9.17) is 43.8 Å². The fourth-order valence-corrected chi connectivity index (χ4v) is 19.5. The summed E-state index contributed by atoms with van der Waals surface area (Å²) < 4.78 is 126. The van der Waals surface area contributed by atoms with Gasteiger partial charge in [0, 0.05) is 119 Å². The van der Waals surface area contributed by atoms with Crippen molar-refractivity contribution in [2.45, 2.75) is 139 Å². The lowest BCUT2D eigenvalue weighted by atomic mass is 10.1. The number of halogens is 4. The number of anilines is 3. The zero-order valence-corrected chi connectivity index (χ0v) is 84.1. The molecule has 15 heterocycles. The Labute approximate surface area is 825 Å². The van der Waals surface area contributed by atoms with Crippen molar-refractivity contribution in [1.29, 1.82) is 0 Å². The van der Waals surface area contributed by atoms with Crippen LogP contribution in [-0.2, 0) is 73.2 Å². The number of phosphoric ester groups is 3. The molecule has 3 fully saturated rings. The van der Waals surface area contributed by atoms with Crippen LogP contribution in [0, 0.1) is 17.5 Å². The van der Waals surface area contributed by atoms with E-state index in [2.05, 4.69) is 90.2 Å². The van der Waals surface area contributed by atoms with Crippen LogP contribution < -0.4 is 14.7 Å². The number of hydrogen-bond donors (Lipinski definition) is 4. The predicted molar refractivity (Wildman–Crippen MR) is 520 cm³/mol. The van der Waals surface area contributed by atoms with Gasteiger partial charge in [-0.05, 0) is 133 Å². The predicted octanol–water partition coefficient (Wildman–Crippen LogP) is 12.3. The topological polar surface area (TPSA) is 532 Å². The zero-order valence-electron chi connectivity index (χ0n) is 80.6. The van der Waals surface area contributed by atoms with Gasteiger partial charge in [0.1, 0.15) is 56.0 Å². The quantitative estimate of drug-likeness (QED) is 0.0189. The maximum Gasteiger partial charge on any atom is 0.477 e. The summed E-state index contributed by atoms with van der Waals surface area (Å²) in [6.45, 7) is 27.1. The standard InChI is InChI=1S/C32H37FN9O6P.C24H21FN9O6P.C23H18FN9O2.C9H20ClO4P.C3H8O/c1-31(2,3)47-49(45,48-32(4,5)6)46-20-41-18-22(25-23(33)17-34-29(26(25)41)42-12-11-37-38-42)27(43)30(44)40-15-13-39(14-16-40)28-21-9-7-8-10-24(21)35-19-36-28;25-17-11-26-23(34-6-5-29-30-34)20-19(17)16(12-33(20)14-40-41(37,38)39)21(35)24(36)32-9-7-31(8-10-32)22-15-3-1-2-4-18(15)27-13-28-22;24-16-12-26-22(33-6-5-29-30-33)19-18(16)15(11-25-19)20(34)23(35)32-9-7-31(8-10-32)21-14-3-1-2-4-17(14)27-13-28-21;1-8(2,3)13-15(11,12-7-10)14-9(4,5)6;1-3(2)4/h7-12,17-19H,13-16,20H2,1-6H3;1-6,11-13H,7-10,14H2,(H2,37,38,39);1-6,11-13,25H,7-10H2;7H2,1-6H3;3-4H,1-2H3. The van der Waals surface area contributed by atoms with Gasteiger partial charge in [-0.15, -0.1) is 15.3 Å². The molecule has 0 unspecified atom stereocenters. The highest BCUT2D eigenvalue weighted by Gasteiger charge is 2.42. The van der Waals surface area contributed by atoms with E-state index < -0.39 is 112 Å². The van der Waals surface area contributed by atoms with Gasteiger partial charge in [-0.1, -0.05) is 63.6 Å². The number of ketones is 3. The molecular formula is C91H104ClF3N27O19P3. The number of rotatable bonds is 24. The number of hydrogen-bond acceptors (Lipinski definition) is 35. The Kier molecular flexibility index (Phi) is 32.6. The SMILES string of the molecule is CC(C)(C)OP(=O)(OCCl)OC(C)(C)C.CC(C)(C)OP(=O)(OCn1cc(C(=O)C(=O)N2CCN(c3ncnc4ccccc34)CC2)c2c(F)cnc(-n3ccnn3)c21)OC(C)(C)C.CC(C)O.O=C(C(=O)N1CCN(c2ncnc3ccccc23)CC1)c1c[nH]c2c(-n3ccnn3)ncc(F)c12.O=C(C(=O)N1CCN(c2ncnc3ccccc23)CC1)c1cn(COP(=O)(O)O)c2c(-n3ccnn3)ncc(F)c12. The summed E-state index contributed by atoms with van der Waals surface area (Å²) in [5, 5.41) is 33.2. The molecule has 0 aliphatic carbocycles. The number of Topliss-reactive ketones (excluding diaryl/α,β-unsaturated/α-hetero) is 3. The number of nitrogens with one attached hydrogen (secondary N) is 1. The molecule has 0 bridgehead atoms. The van der Waals surface area contributed by atoms with E-state index in [1.54, 1.807) is 103 Å². The molecule has 46 nitrogen and oxygen atoms in total. The number of amides is 3. The first kappa shape index (κ1) is 106. The summed E-state index contributed by atoms with van der Waals surface area (Å²) in [5.74, 6) is -4.91. The highest BCUT2D eigenvalue weighted by Crippen LogP contribution is 2.57. The van der Waals surface area contributed by atoms with Gasteiger partial charge in [0.25, 0.3) is 35.1 Å². The highest BCUT2D eigenvalue weighted by molar-refractivity contribution is 7.49. The molecule has 53 heteroatoms. The summed E-state index contributed by atoms with van der Waals surface area (Å²) in [6, 6.07) is 22.7. The fourth-order valence-electron chi connectivity index (χ4n) is 15.5. The second-order valence-electron chi connectivity index (χ2n) is 36.8. The number of pyridine rings is 3. The number of carbonyl (C=O) groups is 6. The Morgan fingerprint density at radius 1 is 0.417 bits per heavy atom. The molecule has 3 aliphatic rings. The Bertz CT molecular complexity index is 7280. The monoisotopic (exact) mass is 2060 g/mol. The van der Waals surface area contributed by atoms with Crippen molar-refractivity contribution in [3.05, 3.63) is 200 Å². The number of H-pyrrole nitrogens is 1. The van der Waals surface area contributed by atoms with Crippen molar-refractivity contribution in [3.8, 4) is 17.5 Å². The minimum absolute atomic E-state index is 0.00468. The Morgan fingerprint density at radius 3 is 1.04 bits per heavy atom. The molecule has 760 valence electrons. The maximum absolute atomic E-state index is 15.7. The van der Waals surface area contributed by atoms with Crippen LogP contribution in [0.5, 0.6) is 0 Å². The second kappa shape index (κ2) is 44.3. The van der Waals surface area contributed by atoms with Gasteiger partial charge in [-0.3, -0.25) is 60.4 Å². The molecule has 3 aromatic carbocycles. The Morgan fingerprint density at radius 2 is 0.722 bits per heavy atom. The van der Waals surface area contributed by atoms with Crippen molar-refractivity contribution >= 4 is 153 Å². The number of para-hydroxylation sites is 3. The number of aliphatic hydroxyl groups excluding tert-OH is 1. The first-order valence-electron chi connectivity index (χ1n) is 44.9. The number of aromatic nitrogens is 21. The van der Waals surface area contributed by atoms with Gasteiger partial charge in [0.15, 0.2) is 34.9 Å². The number of phosphoric acid groups is 3. The molecule has 0 spiro atoms. The number of carbonyl (C=O) groups excluding carboxylic acids is 6. The van der Waals surface area contributed by atoms with Gasteiger partial charge >= 0.3 is 23.5 Å². The summed E-state index contributed by atoms with van der Waals surface area (Å²) in [7, 11) is -12.8. The molecule has 3 amide bonds. The van der Waals surface area contributed by atoms with Gasteiger partial charge in [-0.2, -0.15) is 0 Å². The van der Waals surface area contributed by atoms with E-state index in [-0.39, 0.29) is 105 Å². The molecule has 18 rings (SSSR count). The van der Waals surface area contributed by atoms with Crippen LogP contribution in [0.3, 0.4) is 0 Å². The number of fused-ring (bicyclic) bond motifs is 6. The minimum Gasteiger partial charge on any atom is -0.394 e. The van der Waals surface area contributed by atoms with Crippen molar-refractivity contribution in [1.82, 2.24) is 119 Å². The third kappa shape index (κ3) is 25.7. The first-order valence-corrected chi connectivity index (χ1v) is 49.9.